The summed E-state index contributed by atoms with van der Waals surface area (Å²) in [5.41, 5.74) is 3.56. The summed E-state index contributed by atoms with van der Waals surface area (Å²) >= 11 is 24.0. The molecule has 10 aromatic carbocycles. The highest BCUT2D eigenvalue weighted by Crippen LogP contribution is 2.44. The van der Waals surface area contributed by atoms with Crippen molar-refractivity contribution in [1.29, 1.82) is 5.26 Å². The van der Waals surface area contributed by atoms with Crippen LogP contribution in [0, 0.1) is 81.6 Å². The molecule has 0 aliphatic heterocycles. The van der Waals surface area contributed by atoms with E-state index in [1.807, 2.05) is 6.07 Å². The number of hydrogen-bond donors (Lipinski definition) is 5. The van der Waals surface area contributed by atoms with Crippen LogP contribution in [0.2, 0.25) is 20.1 Å². The van der Waals surface area contributed by atoms with Gasteiger partial charge < -0.3 is 30.7 Å². The van der Waals surface area contributed by atoms with E-state index in [1.165, 1.54) is 159 Å². The second-order valence-electron chi connectivity index (χ2n) is 30.3. The van der Waals surface area contributed by atoms with Crippen molar-refractivity contribution in [2.24, 2.45) is 0 Å². The number of halogens is 14. The van der Waals surface area contributed by atoms with Crippen molar-refractivity contribution in [3.63, 3.8) is 0 Å². The molecule has 0 aliphatic carbocycles. The van der Waals surface area contributed by atoms with Gasteiger partial charge in [0, 0.05) is 114 Å². The van der Waals surface area contributed by atoms with Gasteiger partial charge in [-0.2, -0.15) is 20.2 Å². The molecule has 20 aromatic rings. The number of fused-ring (bicyclic) bond motifs is 5. The summed E-state index contributed by atoms with van der Waals surface area (Å²) in [5.74, 6) is -18.7. The topological polar surface area (TPSA) is 437 Å². The van der Waals surface area contributed by atoms with Crippen LogP contribution >= 0.6 is 46.4 Å². The van der Waals surface area contributed by atoms with Gasteiger partial charge in [0.2, 0.25) is 0 Å². The summed E-state index contributed by atoms with van der Waals surface area (Å²) in [6.45, 7) is 1.72. The largest absolute Gasteiger partial charge is 0.619 e. The zero-order valence-electron chi connectivity index (χ0n) is 71.4. The molecule has 0 spiro atoms. The second-order valence-corrected chi connectivity index (χ2v) is 40.8. The molecule has 10 aromatic heterocycles. The first kappa shape index (κ1) is 99.9. The molecule has 724 valence electrons. The van der Waals surface area contributed by atoms with E-state index in [-0.39, 0.29) is 73.0 Å². The van der Waals surface area contributed by atoms with Crippen molar-refractivity contribution in [2.45, 2.75) is 31.4 Å². The van der Waals surface area contributed by atoms with Gasteiger partial charge in [-0.25, -0.2) is 116 Å². The fourth-order valence-electron chi connectivity index (χ4n) is 14.8. The van der Waals surface area contributed by atoms with Gasteiger partial charge in [0.05, 0.1) is 84.6 Å². The first-order valence-electron chi connectivity index (χ1n) is 40.2. The lowest BCUT2D eigenvalue weighted by molar-refractivity contribution is -0.604. The van der Waals surface area contributed by atoms with E-state index >= 15 is 0 Å². The van der Waals surface area contributed by atoms with Gasteiger partial charge >= 0.3 is 0 Å². The molecule has 0 bridgehead atoms. The Morgan fingerprint density at radius 3 is 1.00 bits per heavy atom. The van der Waals surface area contributed by atoms with Crippen molar-refractivity contribution >= 4 is 151 Å². The fourth-order valence-corrected chi connectivity index (χ4v) is 23.7. The Kier molecular flexibility index (Phi) is 27.4. The van der Waals surface area contributed by atoms with Crippen LogP contribution in [-0.4, -0.2) is 123 Å². The van der Waals surface area contributed by atoms with Crippen LogP contribution in [0.3, 0.4) is 0 Å². The molecule has 0 saturated carbocycles. The number of hydrogen-bond acceptors (Lipinski definition) is 24. The minimum Gasteiger partial charge on any atom is -0.619 e. The molecule has 0 atom stereocenters. The summed E-state index contributed by atoms with van der Waals surface area (Å²) in [6.07, 6.45) is 9.25. The van der Waals surface area contributed by atoms with Crippen LogP contribution in [0.1, 0.15) is 11.3 Å². The minimum atomic E-state index is -4.67. The maximum Gasteiger partial charge on any atom is 0.272 e. The third kappa shape index (κ3) is 19.5. The van der Waals surface area contributed by atoms with Crippen molar-refractivity contribution in [3.8, 4) is 91.5 Å². The van der Waals surface area contributed by atoms with Crippen LogP contribution in [0.4, 0.5) is 43.9 Å². The van der Waals surface area contributed by atoms with E-state index in [9.17, 15) is 117 Å². The molecule has 0 radical (unpaired) electrons. The standard InChI is InChI=1S/C19H12ClF2N3O3S.C19H11ClF2N2O4S.C19H11ClF2N2O3S.C19H10F2N4O3S.C18H10ClF2N3O3S/c1-10-2-4-15(24-23-10)17-7-11-6-12(20)3-5-16(11)25(17)29(27,28)18-9-13(21)8-14(22)19(18)26;20-13-3-4-16-12(6-13)7-17(11-2-1-5-23(26)10-11)24(16)29(27,28)18-9-14(21)8-15(22)19(18)25;20-12-4-5-16-11(7-12)8-17(15-3-1-2-6-23-15)24(16)28(26,27)18-10-13(21)9-14(22)19(18)25;20-14-5-15(21)19(26)18(6-14)29(27,28)25-16-2-1-11(7-22)3-12(16)4-17(25)13-8-23-10-24-9-13;19-11-3-4-15-10(6-11)7-16(14-2-1-5-22-23-14)24(15)28(26,27)17-9-12(20)8-13(21)18(17)25/h2-9,26H,1H3;1-10,25H;1-10,25H;1-6,8-10,26H;1-9,25H. The number of phenolic OH excluding ortho intramolecular Hbond substituents is 5. The number of aromatic nitrogens is 13. The minimum absolute atomic E-state index is 0.0523. The van der Waals surface area contributed by atoms with Crippen molar-refractivity contribution in [2.75, 3.05) is 0 Å². The highest BCUT2D eigenvalue weighted by Gasteiger charge is 2.37. The van der Waals surface area contributed by atoms with E-state index in [1.54, 1.807) is 61.5 Å². The Bertz CT molecular complexity index is 8980. The van der Waals surface area contributed by atoms with Gasteiger partial charge in [-0.1, -0.05) is 52.5 Å². The Hall–Kier alpha value is -16.1. The number of pyridine rings is 2. The van der Waals surface area contributed by atoms with E-state index in [0.29, 0.717) is 135 Å². The lowest BCUT2D eigenvalue weighted by Gasteiger charge is -2.13. The highest BCUT2D eigenvalue weighted by atomic mass is 35.5. The fraction of sp³-hybridized carbons (Fsp3) is 0.0106. The second kappa shape index (κ2) is 39.2. The number of phenols is 5. The van der Waals surface area contributed by atoms with Crippen LogP contribution in [-0.2, 0) is 50.1 Å². The lowest BCUT2D eigenvalue weighted by atomic mass is 10.1. The van der Waals surface area contributed by atoms with E-state index in [4.69, 9.17) is 51.7 Å². The Morgan fingerprint density at radius 2 is 0.671 bits per heavy atom. The quantitative estimate of drug-likeness (QED) is 0.0361. The molecule has 0 saturated heterocycles. The maximum absolute atomic E-state index is 13.8. The summed E-state index contributed by atoms with van der Waals surface area (Å²) in [7, 11) is -23.1. The first-order valence-corrected chi connectivity index (χ1v) is 48.9. The summed E-state index contributed by atoms with van der Waals surface area (Å²) in [6, 6.07) is 50.4. The zero-order chi connectivity index (χ0) is 103. The molecule has 5 N–H and O–H groups in total. The lowest BCUT2D eigenvalue weighted by Crippen LogP contribution is -2.24. The Labute approximate surface area is 819 Å². The molecule has 143 heavy (non-hydrogen) atoms. The van der Waals surface area contributed by atoms with Gasteiger partial charge in [0.25, 0.3) is 50.1 Å². The molecular formula is C94H54Cl4F10N14O16S5. The highest BCUT2D eigenvalue weighted by molar-refractivity contribution is 7.91. The maximum atomic E-state index is 13.8. The number of nitriles is 1. The van der Waals surface area contributed by atoms with Gasteiger partial charge in [-0.05, 0) is 201 Å². The molecule has 30 nitrogen and oxygen atoms in total. The monoisotopic (exact) mass is 2120 g/mol. The average Bonchev–Trinajstić information content (AvgIpc) is 1.62. The van der Waals surface area contributed by atoms with Crippen LogP contribution in [0.25, 0.3) is 111 Å². The zero-order valence-corrected chi connectivity index (χ0v) is 78.5. The SMILES string of the molecule is Cc1ccc(-c2cc3cc(Cl)ccc3n2S(=O)(=O)c2cc(F)cc(F)c2O)nn1.N#Cc1ccc2c(c1)cc(-c1cncnc1)n2S(=O)(=O)c1cc(F)cc(F)c1O.O=S(=O)(c1cc(F)cc(F)c1O)n1c(-c2ccc[n+]([O-])c2)cc2cc(Cl)ccc21.O=S(=O)(c1cc(F)cc(F)c1O)n1c(-c2ccccn2)cc2cc(Cl)ccc21.O=S(=O)(c1cc(F)cc(F)c1O)n1c(-c2cccnn2)cc2cc(Cl)ccc21. The number of aromatic hydroxyl groups is 5. The van der Waals surface area contributed by atoms with Crippen molar-refractivity contribution < 1.29 is 116 Å². The van der Waals surface area contributed by atoms with Gasteiger partial charge in [0.15, 0.2) is 70.2 Å². The molecule has 20 rings (SSSR count). The Balaban J connectivity index is 0.000000128. The molecule has 0 aliphatic rings. The number of benzene rings is 10. The molecule has 0 unspecified atom stereocenters. The van der Waals surface area contributed by atoms with E-state index in [0.717, 1.165) is 26.1 Å². The molecule has 10 heterocycles. The molecule has 49 heteroatoms. The summed E-state index contributed by atoms with van der Waals surface area (Å²) < 4.78 is 276. The summed E-state index contributed by atoms with van der Waals surface area (Å²) in [4.78, 5) is 7.29. The predicted octanol–water partition coefficient (Wildman–Crippen LogP) is 19.8. The van der Waals surface area contributed by atoms with E-state index < -0.39 is 162 Å². The van der Waals surface area contributed by atoms with Crippen LogP contribution in [0.5, 0.6) is 28.7 Å². The number of nitrogens with zero attached hydrogens (tertiary/aromatic N) is 14. The van der Waals surface area contributed by atoms with E-state index in [2.05, 4.69) is 35.3 Å². The van der Waals surface area contributed by atoms with Crippen LogP contribution < -0.4 is 4.73 Å². The van der Waals surface area contributed by atoms with Gasteiger partial charge in [0.1, 0.15) is 71.3 Å². The Morgan fingerprint density at radius 1 is 0.343 bits per heavy atom. The number of rotatable bonds is 15. The normalized spacial score (nSPS) is 11.8. The molecule has 0 fully saturated rings. The number of aryl methyl sites for hydroxylation is 1. The summed E-state index contributed by atoms with van der Waals surface area (Å²) in [5, 5.41) is 89.9. The van der Waals surface area contributed by atoms with Gasteiger partial charge in [-0.15, -0.1) is 10.2 Å². The predicted molar refractivity (Wildman–Crippen MR) is 503 cm³/mol. The average molecular weight is 2130 g/mol. The molecule has 0 amide bonds. The first-order chi connectivity index (χ1) is 67.8. The smallest absolute Gasteiger partial charge is 0.272 e. The third-order valence-corrected chi connectivity index (χ3v) is 30.7. The van der Waals surface area contributed by atoms with Gasteiger partial charge in [-0.3, -0.25) is 4.98 Å². The van der Waals surface area contributed by atoms with Crippen LogP contribution in [0.15, 0.2) is 305 Å². The van der Waals surface area contributed by atoms with Crippen molar-refractivity contribution in [1.82, 2.24) is 55.2 Å². The third-order valence-electron chi connectivity index (χ3n) is 21.1. The molecular weight excluding hydrogens is 2070 g/mol. The van der Waals surface area contributed by atoms with Crippen molar-refractivity contribution in [3.05, 3.63) is 375 Å².